The molecule has 1 heterocycles. The number of rotatable bonds is 5. The molecule has 1 unspecified atom stereocenters. The first-order valence-electron chi connectivity index (χ1n) is 8.82. The van der Waals surface area contributed by atoms with Gasteiger partial charge in [-0.25, -0.2) is 4.79 Å². The number of phenols is 1. The molecule has 140 valence electrons. The molecule has 0 bridgehead atoms. The summed E-state index contributed by atoms with van der Waals surface area (Å²) in [6, 6.07) is 23.3. The zero-order chi connectivity index (χ0) is 19.5. The Labute approximate surface area is 162 Å². The van der Waals surface area contributed by atoms with Gasteiger partial charge in [-0.05, 0) is 41.0 Å². The van der Waals surface area contributed by atoms with E-state index in [1.165, 1.54) is 12.1 Å². The minimum Gasteiger partial charge on any atom is -0.508 e. The van der Waals surface area contributed by atoms with Crippen molar-refractivity contribution in [1.29, 1.82) is 0 Å². The monoisotopic (exact) mass is 374 g/mol. The van der Waals surface area contributed by atoms with Crippen LogP contribution in [0.3, 0.4) is 0 Å². The molecule has 0 fully saturated rings. The topological polar surface area (TPSA) is 76.0 Å². The zero-order valence-electron chi connectivity index (χ0n) is 14.9. The lowest BCUT2D eigenvalue weighted by Gasteiger charge is -2.15. The Morgan fingerprint density at radius 2 is 1.54 bits per heavy atom. The molecule has 1 aliphatic rings. The average molecular weight is 374 g/mol. The van der Waals surface area contributed by atoms with Crippen LogP contribution in [0.4, 0.5) is 0 Å². The summed E-state index contributed by atoms with van der Waals surface area (Å²) < 4.78 is 11.1. The van der Waals surface area contributed by atoms with E-state index in [2.05, 4.69) is 0 Å². The molecule has 0 aromatic heterocycles. The number of cyclic esters (lactones) is 1. The Hall–Kier alpha value is -3.73. The van der Waals surface area contributed by atoms with Crippen LogP contribution in [0.5, 0.6) is 11.5 Å². The largest absolute Gasteiger partial charge is 0.508 e. The van der Waals surface area contributed by atoms with Crippen molar-refractivity contribution >= 4 is 11.5 Å². The quantitative estimate of drug-likeness (QED) is 0.642. The summed E-state index contributed by atoms with van der Waals surface area (Å²) >= 11 is 0. The standard InChI is InChI=1S/C23H18O5/c24-18-10-6-16(7-11-18)20-21(25)23(26)28-22(20)17-8-12-19(13-9-17)27-14-15-4-2-1-3-5-15/h1-13,22,24-25H,14H2. The molecule has 28 heavy (non-hydrogen) atoms. The second kappa shape index (κ2) is 7.48. The van der Waals surface area contributed by atoms with E-state index in [9.17, 15) is 15.0 Å². The van der Waals surface area contributed by atoms with E-state index >= 15 is 0 Å². The van der Waals surface area contributed by atoms with Crippen molar-refractivity contribution in [3.63, 3.8) is 0 Å². The van der Waals surface area contributed by atoms with Gasteiger partial charge >= 0.3 is 5.97 Å². The van der Waals surface area contributed by atoms with Gasteiger partial charge in [0.15, 0.2) is 6.10 Å². The van der Waals surface area contributed by atoms with Gasteiger partial charge in [0, 0.05) is 0 Å². The van der Waals surface area contributed by atoms with Gasteiger partial charge in [-0.1, -0.05) is 54.6 Å². The summed E-state index contributed by atoms with van der Waals surface area (Å²) in [5.74, 6) is -0.389. The van der Waals surface area contributed by atoms with E-state index in [1.54, 1.807) is 36.4 Å². The van der Waals surface area contributed by atoms with Gasteiger partial charge in [0.1, 0.15) is 18.1 Å². The summed E-state index contributed by atoms with van der Waals surface area (Å²) in [6.07, 6.45) is -0.722. The van der Waals surface area contributed by atoms with Crippen molar-refractivity contribution in [2.45, 2.75) is 12.7 Å². The number of hydrogen-bond acceptors (Lipinski definition) is 5. The molecule has 3 aromatic carbocycles. The Morgan fingerprint density at radius 3 is 2.21 bits per heavy atom. The lowest BCUT2D eigenvalue weighted by molar-refractivity contribution is -0.142. The zero-order valence-corrected chi connectivity index (χ0v) is 14.9. The maximum absolute atomic E-state index is 11.9. The first kappa shape index (κ1) is 17.7. The third-order valence-electron chi connectivity index (χ3n) is 4.55. The molecule has 0 saturated carbocycles. The molecular formula is C23H18O5. The highest BCUT2D eigenvalue weighted by Gasteiger charge is 2.36. The first-order valence-corrected chi connectivity index (χ1v) is 8.82. The third kappa shape index (κ3) is 3.55. The fourth-order valence-corrected chi connectivity index (χ4v) is 3.10. The van der Waals surface area contributed by atoms with Gasteiger partial charge in [0.25, 0.3) is 0 Å². The van der Waals surface area contributed by atoms with Crippen molar-refractivity contribution in [3.05, 3.63) is 101 Å². The number of benzene rings is 3. The van der Waals surface area contributed by atoms with Crippen LogP contribution in [0, 0.1) is 0 Å². The lowest BCUT2D eigenvalue weighted by atomic mass is 9.95. The Morgan fingerprint density at radius 1 is 0.857 bits per heavy atom. The molecular weight excluding hydrogens is 356 g/mol. The summed E-state index contributed by atoms with van der Waals surface area (Å²) in [4.78, 5) is 11.9. The van der Waals surface area contributed by atoms with Gasteiger partial charge in [-0.3, -0.25) is 0 Å². The molecule has 0 aliphatic carbocycles. The molecule has 5 heteroatoms. The van der Waals surface area contributed by atoms with Crippen LogP contribution in [0.1, 0.15) is 22.8 Å². The number of aliphatic hydroxyl groups is 1. The summed E-state index contributed by atoms with van der Waals surface area (Å²) in [7, 11) is 0. The number of phenolic OH excluding ortho intramolecular Hbond substituents is 1. The minimum atomic E-state index is -0.766. The van der Waals surface area contributed by atoms with E-state index in [4.69, 9.17) is 9.47 Å². The van der Waals surface area contributed by atoms with Crippen LogP contribution in [0.2, 0.25) is 0 Å². The predicted octanol–water partition coefficient (Wildman–Crippen LogP) is 4.54. The molecule has 3 aromatic rings. The minimum absolute atomic E-state index is 0.102. The molecule has 1 atom stereocenters. The van der Waals surface area contributed by atoms with Crippen LogP contribution >= 0.6 is 0 Å². The number of carbonyl (C=O) groups is 1. The Kier molecular flexibility index (Phi) is 4.72. The second-order valence-electron chi connectivity index (χ2n) is 6.44. The van der Waals surface area contributed by atoms with Gasteiger partial charge in [-0.2, -0.15) is 0 Å². The predicted molar refractivity (Wildman–Crippen MR) is 104 cm³/mol. The van der Waals surface area contributed by atoms with Crippen LogP contribution in [-0.4, -0.2) is 16.2 Å². The van der Waals surface area contributed by atoms with Crippen LogP contribution in [0.15, 0.2) is 84.6 Å². The normalized spacial score (nSPS) is 16.1. The summed E-state index contributed by atoms with van der Waals surface area (Å²) in [5.41, 5.74) is 2.77. The summed E-state index contributed by atoms with van der Waals surface area (Å²) in [6.45, 7) is 0.456. The van der Waals surface area contributed by atoms with E-state index in [1.807, 2.05) is 30.3 Å². The number of esters is 1. The van der Waals surface area contributed by atoms with E-state index in [0.717, 1.165) is 5.56 Å². The van der Waals surface area contributed by atoms with Gasteiger partial charge in [-0.15, -0.1) is 0 Å². The lowest BCUT2D eigenvalue weighted by Crippen LogP contribution is -2.03. The molecule has 0 radical (unpaired) electrons. The van der Waals surface area contributed by atoms with Crippen molar-refractivity contribution in [2.24, 2.45) is 0 Å². The molecule has 1 aliphatic heterocycles. The molecule has 0 saturated heterocycles. The smallest absolute Gasteiger partial charge is 0.374 e. The highest BCUT2D eigenvalue weighted by Crippen LogP contribution is 2.41. The Balaban J connectivity index is 1.54. The van der Waals surface area contributed by atoms with Gasteiger partial charge in [0.2, 0.25) is 5.76 Å². The highest BCUT2D eigenvalue weighted by atomic mass is 16.6. The maximum Gasteiger partial charge on any atom is 0.374 e. The molecule has 2 N–H and O–H groups in total. The van der Waals surface area contributed by atoms with Gasteiger partial charge in [0.05, 0.1) is 5.57 Å². The number of ether oxygens (including phenoxy) is 2. The van der Waals surface area contributed by atoms with Crippen molar-refractivity contribution < 1.29 is 24.5 Å². The van der Waals surface area contributed by atoms with Crippen molar-refractivity contribution in [1.82, 2.24) is 0 Å². The van der Waals surface area contributed by atoms with Crippen LogP contribution in [-0.2, 0) is 16.1 Å². The maximum atomic E-state index is 11.9. The SMILES string of the molecule is O=C1OC(c2ccc(OCc3ccccc3)cc2)C(c2ccc(O)cc2)=C1O. The third-order valence-corrected chi connectivity index (χ3v) is 4.55. The number of aromatic hydroxyl groups is 1. The molecule has 0 amide bonds. The van der Waals surface area contributed by atoms with Crippen LogP contribution < -0.4 is 4.74 Å². The van der Waals surface area contributed by atoms with Crippen molar-refractivity contribution in [3.8, 4) is 11.5 Å². The number of carbonyl (C=O) groups excluding carboxylic acids is 1. The number of hydrogen-bond donors (Lipinski definition) is 2. The molecule has 4 rings (SSSR count). The Bertz CT molecular complexity index is 1010. The average Bonchev–Trinajstić information content (AvgIpc) is 3.03. The summed E-state index contributed by atoms with van der Waals surface area (Å²) in [5, 5.41) is 19.7. The van der Waals surface area contributed by atoms with Crippen molar-refractivity contribution in [2.75, 3.05) is 0 Å². The van der Waals surface area contributed by atoms with E-state index in [0.29, 0.717) is 29.1 Å². The second-order valence-corrected chi connectivity index (χ2v) is 6.44. The number of aliphatic hydroxyl groups excluding tert-OH is 1. The first-order chi connectivity index (χ1) is 13.6. The van der Waals surface area contributed by atoms with Crippen LogP contribution in [0.25, 0.3) is 5.57 Å². The van der Waals surface area contributed by atoms with E-state index < -0.39 is 17.8 Å². The van der Waals surface area contributed by atoms with E-state index in [-0.39, 0.29) is 5.75 Å². The highest BCUT2D eigenvalue weighted by molar-refractivity contribution is 6.00. The molecule has 0 spiro atoms. The fourth-order valence-electron chi connectivity index (χ4n) is 3.10. The van der Waals surface area contributed by atoms with Gasteiger partial charge < -0.3 is 19.7 Å². The molecule has 5 nitrogen and oxygen atoms in total. The fraction of sp³-hybridized carbons (Fsp3) is 0.0870.